The Bertz CT molecular complexity index is 930. The maximum Gasteiger partial charge on any atom is 0.170 e. The molecule has 6 heteroatoms. The van der Waals surface area contributed by atoms with Crippen LogP contribution in [0.3, 0.4) is 0 Å². The Morgan fingerprint density at radius 3 is 2.59 bits per heavy atom. The molecule has 3 aromatic rings. The summed E-state index contributed by atoms with van der Waals surface area (Å²) in [7, 11) is 1.62. The van der Waals surface area contributed by atoms with Crippen LogP contribution in [0.15, 0.2) is 76.3 Å². The highest BCUT2D eigenvalue weighted by Gasteiger charge is 2.09. The van der Waals surface area contributed by atoms with Crippen molar-refractivity contribution in [2.45, 2.75) is 6.61 Å². The molecule has 27 heavy (non-hydrogen) atoms. The van der Waals surface area contributed by atoms with Crippen molar-refractivity contribution in [3.8, 4) is 11.5 Å². The molecular weight excluding hydrogens is 428 g/mol. The summed E-state index contributed by atoms with van der Waals surface area (Å²) < 4.78 is 12.5. The zero-order valence-corrected chi connectivity index (χ0v) is 17.0. The summed E-state index contributed by atoms with van der Waals surface area (Å²) in [4.78, 5) is 0. The van der Waals surface area contributed by atoms with Gasteiger partial charge in [0.05, 0.1) is 19.0 Å². The molecule has 0 atom stereocenters. The molecule has 0 heterocycles. The van der Waals surface area contributed by atoms with Crippen molar-refractivity contribution in [2.24, 2.45) is 5.10 Å². The highest BCUT2D eigenvalue weighted by Crippen LogP contribution is 2.31. The van der Waals surface area contributed by atoms with E-state index in [0.717, 1.165) is 21.3 Å². The van der Waals surface area contributed by atoms with Gasteiger partial charge in [0.1, 0.15) is 6.61 Å². The van der Waals surface area contributed by atoms with E-state index in [4.69, 9.17) is 21.1 Å². The van der Waals surface area contributed by atoms with Gasteiger partial charge in [-0.05, 0) is 48.0 Å². The predicted octanol–water partition coefficient (Wildman–Crippen LogP) is 6.14. The van der Waals surface area contributed by atoms with Crippen molar-refractivity contribution < 1.29 is 9.47 Å². The van der Waals surface area contributed by atoms with E-state index in [1.807, 2.05) is 60.7 Å². The van der Waals surface area contributed by atoms with E-state index in [9.17, 15) is 0 Å². The minimum Gasteiger partial charge on any atom is -0.493 e. The highest BCUT2D eigenvalue weighted by atomic mass is 79.9. The minimum absolute atomic E-state index is 0.427. The van der Waals surface area contributed by atoms with E-state index in [1.54, 1.807) is 19.4 Å². The smallest absolute Gasteiger partial charge is 0.170 e. The molecule has 0 saturated carbocycles. The third-order valence-electron chi connectivity index (χ3n) is 3.75. The van der Waals surface area contributed by atoms with E-state index in [-0.39, 0.29) is 0 Å². The molecule has 138 valence electrons. The van der Waals surface area contributed by atoms with E-state index in [2.05, 4.69) is 26.5 Å². The Hall–Kier alpha value is -2.50. The molecule has 3 aromatic carbocycles. The maximum atomic E-state index is 6.03. The van der Waals surface area contributed by atoms with Gasteiger partial charge in [0.2, 0.25) is 0 Å². The van der Waals surface area contributed by atoms with Crippen LogP contribution in [0.5, 0.6) is 11.5 Å². The number of nitrogens with zero attached hydrogens (tertiary/aromatic N) is 1. The second-order valence-corrected chi connectivity index (χ2v) is 7.03. The van der Waals surface area contributed by atoms with Gasteiger partial charge in [-0.2, -0.15) is 5.10 Å². The van der Waals surface area contributed by atoms with Crippen LogP contribution >= 0.6 is 27.5 Å². The summed E-state index contributed by atoms with van der Waals surface area (Å²) in [6, 6.07) is 21.0. The molecule has 0 bridgehead atoms. The molecule has 4 nitrogen and oxygen atoms in total. The van der Waals surface area contributed by atoms with E-state index >= 15 is 0 Å². The Morgan fingerprint density at radius 2 is 1.85 bits per heavy atom. The standard InChI is InChI=1S/C21H18BrClN2O2/c1-26-20-7-2-4-16(13-24-25-19-6-3-5-18(23)12-19)21(20)27-14-15-8-10-17(22)11-9-15/h2-13,25H,14H2,1H3. The first-order valence-corrected chi connectivity index (χ1v) is 9.41. The summed E-state index contributed by atoms with van der Waals surface area (Å²) in [6.07, 6.45) is 1.69. The Kier molecular flexibility index (Phi) is 6.74. The zero-order valence-electron chi connectivity index (χ0n) is 14.7. The monoisotopic (exact) mass is 444 g/mol. The average molecular weight is 446 g/mol. The number of anilines is 1. The lowest BCUT2D eigenvalue weighted by atomic mass is 10.2. The van der Waals surface area contributed by atoms with Gasteiger partial charge in [0.15, 0.2) is 11.5 Å². The van der Waals surface area contributed by atoms with Gasteiger partial charge >= 0.3 is 0 Å². The third-order valence-corrected chi connectivity index (χ3v) is 4.51. The van der Waals surface area contributed by atoms with Crippen LogP contribution in [-0.2, 0) is 6.61 Å². The number of halogens is 2. The first-order chi connectivity index (χ1) is 13.2. The van der Waals surface area contributed by atoms with E-state index in [0.29, 0.717) is 23.1 Å². The molecule has 0 aromatic heterocycles. The van der Waals surface area contributed by atoms with Crippen molar-refractivity contribution in [3.05, 3.63) is 87.4 Å². The lowest BCUT2D eigenvalue weighted by Crippen LogP contribution is -2.01. The SMILES string of the molecule is COc1cccc(C=NNc2cccc(Cl)c2)c1OCc1ccc(Br)cc1. The maximum absolute atomic E-state index is 6.03. The number of hydrogen-bond acceptors (Lipinski definition) is 4. The van der Waals surface area contributed by atoms with Gasteiger partial charge in [-0.25, -0.2) is 0 Å². The molecule has 0 unspecified atom stereocenters. The number of methoxy groups -OCH3 is 1. The Morgan fingerprint density at radius 1 is 1.07 bits per heavy atom. The molecule has 0 aliphatic heterocycles. The average Bonchev–Trinajstić information content (AvgIpc) is 2.68. The fraction of sp³-hybridized carbons (Fsp3) is 0.0952. The van der Waals surface area contributed by atoms with Crippen molar-refractivity contribution in [3.63, 3.8) is 0 Å². The largest absolute Gasteiger partial charge is 0.493 e. The second-order valence-electron chi connectivity index (χ2n) is 5.67. The van der Waals surface area contributed by atoms with Gasteiger partial charge in [-0.1, -0.05) is 51.8 Å². The summed E-state index contributed by atoms with van der Waals surface area (Å²) in [6.45, 7) is 0.427. The molecule has 0 radical (unpaired) electrons. The number of hydrogen-bond donors (Lipinski definition) is 1. The molecule has 0 spiro atoms. The van der Waals surface area contributed by atoms with E-state index in [1.165, 1.54) is 0 Å². The van der Waals surface area contributed by atoms with Crippen LogP contribution < -0.4 is 14.9 Å². The number of para-hydroxylation sites is 1. The van der Waals surface area contributed by atoms with E-state index < -0.39 is 0 Å². The lowest BCUT2D eigenvalue weighted by molar-refractivity contribution is 0.284. The second kappa shape index (κ2) is 9.44. The number of rotatable bonds is 7. The Balaban J connectivity index is 1.76. The van der Waals surface area contributed by atoms with Crippen LogP contribution in [0.4, 0.5) is 5.69 Å². The normalized spacial score (nSPS) is 10.8. The quantitative estimate of drug-likeness (QED) is 0.351. The minimum atomic E-state index is 0.427. The number of ether oxygens (including phenoxy) is 2. The van der Waals surface area contributed by atoms with Crippen LogP contribution in [0.2, 0.25) is 5.02 Å². The van der Waals surface area contributed by atoms with Crippen LogP contribution in [0.1, 0.15) is 11.1 Å². The molecule has 0 amide bonds. The summed E-state index contributed by atoms with van der Waals surface area (Å²) in [5.74, 6) is 1.29. The summed E-state index contributed by atoms with van der Waals surface area (Å²) in [5.41, 5.74) is 5.63. The topological polar surface area (TPSA) is 42.8 Å². The first kappa shape index (κ1) is 19.3. The van der Waals surface area contributed by atoms with Gasteiger partial charge in [-0.3, -0.25) is 5.43 Å². The molecular formula is C21H18BrClN2O2. The Labute approximate surface area is 171 Å². The molecule has 0 fully saturated rings. The predicted molar refractivity (Wildman–Crippen MR) is 114 cm³/mol. The molecule has 1 N–H and O–H groups in total. The molecule has 0 saturated heterocycles. The van der Waals surface area contributed by atoms with Crippen LogP contribution in [0.25, 0.3) is 0 Å². The summed E-state index contributed by atoms with van der Waals surface area (Å²) in [5, 5.41) is 4.93. The van der Waals surface area contributed by atoms with Crippen molar-refractivity contribution >= 4 is 39.4 Å². The number of hydrazone groups is 1. The van der Waals surface area contributed by atoms with Gasteiger partial charge in [0.25, 0.3) is 0 Å². The highest BCUT2D eigenvalue weighted by molar-refractivity contribution is 9.10. The van der Waals surface area contributed by atoms with Gasteiger partial charge in [-0.15, -0.1) is 0 Å². The zero-order chi connectivity index (χ0) is 19.1. The van der Waals surface area contributed by atoms with Crippen LogP contribution in [-0.4, -0.2) is 13.3 Å². The van der Waals surface area contributed by atoms with Crippen molar-refractivity contribution in [1.29, 1.82) is 0 Å². The van der Waals surface area contributed by atoms with Crippen molar-refractivity contribution in [2.75, 3.05) is 12.5 Å². The third kappa shape index (κ3) is 5.49. The molecule has 0 aliphatic rings. The van der Waals surface area contributed by atoms with Gasteiger partial charge in [0, 0.05) is 15.1 Å². The van der Waals surface area contributed by atoms with Crippen LogP contribution in [0, 0.1) is 0 Å². The number of benzene rings is 3. The lowest BCUT2D eigenvalue weighted by Gasteiger charge is -2.13. The fourth-order valence-electron chi connectivity index (χ4n) is 2.42. The molecule has 3 rings (SSSR count). The molecule has 0 aliphatic carbocycles. The van der Waals surface area contributed by atoms with Crippen molar-refractivity contribution in [1.82, 2.24) is 0 Å². The fourth-order valence-corrected chi connectivity index (χ4v) is 2.87. The summed E-state index contributed by atoms with van der Waals surface area (Å²) >= 11 is 9.42. The first-order valence-electron chi connectivity index (χ1n) is 8.24. The number of nitrogens with one attached hydrogen (secondary N) is 1. The van der Waals surface area contributed by atoms with Gasteiger partial charge < -0.3 is 9.47 Å².